The van der Waals surface area contributed by atoms with Gasteiger partial charge in [-0.1, -0.05) is 6.07 Å². The van der Waals surface area contributed by atoms with Crippen molar-refractivity contribution in [3.8, 4) is 0 Å². The molecule has 0 aliphatic heterocycles. The molecule has 1 saturated carbocycles. The van der Waals surface area contributed by atoms with Crippen LogP contribution >= 0.6 is 11.3 Å². The average molecular weight is 304 g/mol. The number of hydrogen-bond acceptors (Lipinski definition) is 3. The number of nitrogens with zero attached hydrogens (tertiary/aromatic N) is 1. The monoisotopic (exact) mass is 304 g/mol. The minimum Gasteiger partial charge on any atom is -0.363 e. The van der Waals surface area contributed by atoms with Crippen LogP contribution in [0, 0.1) is 12.7 Å². The van der Waals surface area contributed by atoms with Gasteiger partial charge in [0.15, 0.2) is 0 Å². The molecule has 2 nitrogen and oxygen atoms in total. The Balaban J connectivity index is 2.00. The predicted molar refractivity (Wildman–Crippen MR) is 87.3 cm³/mol. The number of thiophene rings is 1. The van der Waals surface area contributed by atoms with E-state index in [-0.39, 0.29) is 11.9 Å². The highest BCUT2D eigenvalue weighted by atomic mass is 32.1. The van der Waals surface area contributed by atoms with Crippen molar-refractivity contribution in [1.29, 1.82) is 0 Å². The molecule has 1 aliphatic rings. The van der Waals surface area contributed by atoms with E-state index >= 15 is 0 Å². The summed E-state index contributed by atoms with van der Waals surface area (Å²) in [7, 11) is 0. The molecule has 1 fully saturated rings. The molecule has 1 aromatic carbocycles. The van der Waals surface area contributed by atoms with Gasteiger partial charge in [-0.15, -0.1) is 11.3 Å². The van der Waals surface area contributed by atoms with Crippen molar-refractivity contribution in [3.05, 3.63) is 51.5 Å². The van der Waals surface area contributed by atoms with Gasteiger partial charge in [-0.25, -0.2) is 4.39 Å². The zero-order valence-electron chi connectivity index (χ0n) is 12.5. The van der Waals surface area contributed by atoms with E-state index in [1.165, 1.54) is 17.7 Å². The largest absolute Gasteiger partial charge is 0.363 e. The second-order valence-corrected chi connectivity index (χ2v) is 6.92. The van der Waals surface area contributed by atoms with E-state index < -0.39 is 0 Å². The molecule has 3 rings (SSSR count). The second-order valence-electron chi connectivity index (χ2n) is 5.89. The van der Waals surface area contributed by atoms with Crippen LogP contribution in [0.3, 0.4) is 0 Å². The summed E-state index contributed by atoms with van der Waals surface area (Å²) in [6.45, 7) is 4.62. The molecule has 1 aliphatic carbocycles. The zero-order chi connectivity index (χ0) is 15.0. The van der Waals surface area contributed by atoms with Gasteiger partial charge in [-0.2, -0.15) is 0 Å². The minimum absolute atomic E-state index is 0.167. The lowest BCUT2D eigenvalue weighted by atomic mass is 10.0. The molecular weight excluding hydrogens is 283 g/mol. The van der Waals surface area contributed by atoms with E-state index in [0.29, 0.717) is 11.6 Å². The van der Waals surface area contributed by atoms with E-state index in [0.717, 1.165) is 17.8 Å². The lowest BCUT2D eigenvalue weighted by Gasteiger charge is -2.28. The summed E-state index contributed by atoms with van der Waals surface area (Å²) in [5.41, 5.74) is 8.76. The van der Waals surface area contributed by atoms with Crippen LogP contribution in [0.1, 0.15) is 41.8 Å². The molecule has 0 amide bonds. The van der Waals surface area contributed by atoms with Crippen molar-refractivity contribution in [1.82, 2.24) is 0 Å². The van der Waals surface area contributed by atoms with Crippen molar-refractivity contribution >= 4 is 17.0 Å². The summed E-state index contributed by atoms with van der Waals surface area (Å²) < 4.78 is 13.9. The van der Waals surface area contributed by atoms with Crippen LogP contribution < -0.4 is 10.6 Å². The molecule has 1 aromatic heterocycles. The summed E-state index contributed by atoms with van der Waals surface area (Å²) in [5, 5.41) is 2.10. The lowest BCUT2D eigenvalue weighted by molar-refractivity contribution is 0.611. The van der Waals surface area contributed by atoms with Crippen molar-refractivity contribution < 1.29 is 4.39 Å². The number of nitrogens with two attached hydrogens (primary N) is 1. The maximum absolute atomic E-state index is 13.9. The molecular formula is C17H21FN2S. The third kappa shape index (κ3) is 3.11. The normalized spacial score (nSPS) is 16.0. The minimum atomic E-state index is -0.169. The maximum atomic E-state index is 13.9. The van der Waals surface area contributed by atoms with Crippen molar-refractivity contribution in [2.45, 2.75) is 45.3 Å². The van der Waals surface area contributed by atoms with E-state index in [1.54, 1.807) is 17.4 Å². The Kier molecular flexibility index (Phi) is 4.00. The Morgan fingerprint density at radius 1 is 1.43 bits per heavy atom. The molecule has 1 heterocycles. The molecule has 2 N–H and O–H groups in total. The number of rotatable bonds is 5. The predicted octanol–water partition coefficient (Wildman–Crippen LogP) is 4.38. The first-order valence-corrected chi connectivity index (χ1v) is 8.29. The zero-order valence-corrected chi connectivity index (χ0v) is 13.3. The molecule has 0 bridgehead atoms. The van der Waals surface area contributed by atoms with Gasteiger partial charge in [0.05, 0.1) is 6.54 Å². The molecule has 21 heavy (non-hydrogen) atoms. The van der Waals surface area contributed by atoms with Crippen LogP contribution in [0.5, 0.6) is 0 Å². The number of halogens is 1. The Morgan fingerprint density at radius 3 is 2.76 bits per heavy atom. The maximum Gasteiger partial charge on any atom is 0.126 e. The highest BCUT2D eigenvalue weighted by Crippen LogP contribution is 2.38. The third-order valence-electron chi connectivity index (χ3n) is 4.00. The second kappa shape index (κ2) is 5.78. The van der Waals surface area contributed by atoms with Crippen LogP contribution in [0.2, 0.25) is 0 Å². The highest BCUT2D eigenvalue weighted by molar-refractivity contribution is 7.09. The van der Waals surface area contributed by atoms with Gasteiger partial charge < -0.3 is 10.6 Å². The first kappa shape index (κ1) is 14.5. The highest BCUT2D eigenvalue weighted by Gasteiger charge is 2.31. The first-order valence-electron chi connectivity index (χ1n) is 7.41. The fourth-order valence-corrected chi connectivity index (χ4v) is 3.37. The van der Waals surface area contributed by atoms with Crippen LogP contribution in [0.4, 0.5) is 10.1 Å². The van der Waals surface area contributed by atoms with Gasteiger partial charge in [0, 0.05) is 22.6 Å². The van der Waals surface area contributed by atoms with Crippen LogP contribution in [-0.4, -0.2) is 6.04 Å². The summed E-state index contributed by atoms with van der Waals surface area (Å²) in [5.74, 6) is -0.169. The molecule has 0 radical (unpaired) electrons. The van der Waals surface area contributed by atoms with E-state index in [4.69, 9.17) is 5.73 Å². The van der Waals surface area contributed by atoms with Gasteiger partial charge in [-0.3, -0.25) is 0 Å². The fraction of sp³-hybridized carbons (Fsp3) is 0.412. The molecule has 0 spiro atoms. The van der Waals surface area contributed by atoms with Gasteiger partial charge in [0.2, 0.25) is 0 Å². The fourth-order valence-electron chi connectivity index (χ4n) is 2.66. The van der Waals surface area contributed by atoms with Gasteiger partial charge in [0.25, 0.3) is 0 Å². The number of hydrogen-bond donors (Lipinski definition) is 1. The molecule has 0 saturated heterocycles. The molecule has 4 heteroatoms. The van der Waals surface area contributed by atoms with Crippen LogP contribution in [0.15, 0.2) is 29.6 Å². The summed E-state index contributed by atoms with van der Waals surface area (Å²) in [6.07, 6.45) is 2.42. The summed E-state index contributed by atoms with van der Waals surface area (Å²) in [4.78, 5) is 3.73. The van der Waals surface area contributed by atoms with E-state index in [1.807, 2.05) is 19.9 Å². The number of benzene rings is 1. The Bertz CT molecular complexity index is 618. The van der Waals surface area contributed by atoms with Crippen molar-refractivity contribution in [2.24, 2.45) is 5.73 Å². The average Bonchev–Trinajstić information content (AvgIpc) is 3.15. The van der Waals surface area contributed by atoms with Crippen LogP contribution in [-0.2, 0) is 6.54 Å². The Hall–Kier alpha value is -1.39. The number of anilines is 1. The molecule has 112 valence electrons. The van der Waals surface area contributed by atoms with Crippen molar-refractivity contribution in [2.75, 3.05) is 4.90 Å². The Morgan fingerprint density at radius 2 is 2.19 bits per heavy atom. The molecule has 0 unspecified atom stereocenters. The lowest BCUT2D eigenvalue weighted by Crippen LogP contribution is -2.27. The van der Waals surface area contributed by atoms with Crippen molar-refractivity contribution in [3.63, 3.8) is 0 Å². The SMILES string of the molecule is Cc1cc(N(Cc2cccs2)C2CC2)c([C@H](C)N)cc1F. The number of aryl methyl sites for hydroxylation is 1. The smallest absolute Gasteiger partial charge is 0.126 e. The molecule has 1 atom stereocenters. The van der Waals surface area contributed by atoms with Crippen LogP contribution in [0.25, 0.3) is 0 Å². The van der Waals surface area contributed by atoms with Gasteiger partial charge in [0.1, 0.15) is 5.82 Å². The van der Waals surface area contributed by atoms with Gasteiger partial charge in [-0.05, 0) is 61.4 Å². The third-order valence-corrected chi connectivity index (χ3v) is 4.86. The standard InChI is InChI=1S/C17H21FN2S/c1-11-8-17(15(12(2)19)9-16(11)18)20(13-5-6-13)10-14-4-3-7-21-14/h3-4,7-9,12-13H,5-6,10,19H2,1-2H3/t12-/m0/s1. The first-order chi connectivity index (χ1) is 10.1. The topological polar surface area (TPSA) is 29.3 Å². The quantitative estimate of drug-likeness (QED) is 0.888. The summed E-state index contributed by atoms with van der Waals surface area (Å²) in [6, 6.07) is 8.20. The van der Waals surface area contributed by atoms with Gasteiger partial charge >= 0.3 is 0 Å². The summed E-state index contributed by atoms with van der Waals surface area (Å²) >= 11 is 1.77. The van der Waals surface area contributed by atoms with E-state index in [2.05, 4.69) is 22.4 Å². The molecule has 2 aromatic rings. The Labute approximate surface area is 129 Å². The van der Waals surface area contributed by atoms with E-state index in [9.17, 15) is 4.39 Å².